The zero-order valence-electron chi connectivity index (χ0n) is 30.0. The Morgan fingerprint density at radius 1 is 0.500 bits per heavy atom. The van der Waals surface area contributed by atoms with Crippen LogP contribution in [-0.2, 0) is 16.2 Å². The summed E-state index contributed by atoms with van der Waals surface area (Å²) in [5, 5.41) is 0. The molecule has 0 unspecified atom stereocenters. The van der Waals surface area contributed by atoms with E-state index < -0.39 is 0 Å². The molecule has 2 nitrogen and oxygen atoms in total. The summed E-state index contributed by atoms with van der Waals surface area (Å²) in [5.41, 5.74) is 20.3. The van der Waals surface area contributed by atoms with Crippen molar-refractivity contribution in [2.75, 3.05) is 9.71 Å². The number of rotatable bonds is 2. The third-order valence-corrected chi connectivity index (χ3v) is 12.7. The molecule has 4 aliphatic rings. The van der Waals surface area contributed by atoms with E-state index in [1.54, 1.807) is 0 Å². The molecule has 0 fully saturated rings. The maximum Gasteiger partial charge on any atom is 0.333 e. The first-order valence-electron chi connectivity index (χ1n) is 18.4. The highest BCUT2D eigenvalue weighted by Crippen LogP contribution is 2.57. The van der Waals surface area contributed by atoms with E-state index >= 15 is 0 Å². The van der Waals surface area contributed by atoms with E-state index in [-0.39, 0.29) is 23.1 Å². The van der Waals surface area contributed by atoms with Crippen molar-refractivity contribution in [3.8, 4) is 22.3 Å². The van der Waals surface area contributed by atoms with Gasteiger partial charge in [-0.2, -0.15) is 0 Å². The first-order valence-corrected chi connectivity index (χ1v) is 18.4. The van der Waals surface area contributed by atoms with E-state index in [4.69, 9.17) is 0 Å². The van der Waals surface area contributed by atoms with Gasteiger partial charge in [0.25, 0.3) is 0 Å². The number of benzene rings is 6. The predicted octanol–water partition coefficient (Wildman–Crippen LogP) is 11.0. The normalized spacial score (nSPS) is 18.0. The van der Waals surface area contributed by atoms with E-state index in [1.165, 1.54) is 96.7 Å². The van der Waals surface area contributed by atoms with Crippen LogP contribution >= 0.6 is 0 Å². The molecule has 0 atom stereocenters. The zero-order chi connectivity index (χ0) is 34.2. The maximum absolute atomic E-state index is 2.68. The average molecular weight is 647 g/mol. The molecule has 6 aromatic rings. The number of nitrogens with zero attached hydrogens (tertiary/aromatic N) is 2. The van der Waals surface area contributed by atoms with E-state index in [0.29, 0.717) is 0 Å². The molecule has 0 aromatic heterocycles. The van der Waals surface area contributed by atoms with Gasteiger partial charge in [-0.1, -0.05) is 126 Å². The van der Waals surface area contributed by atoms with Gasteiger partial charge < -0.3 is 9.71 Å². The number of hydrogen-bond donors (Lipinski definition) is 0. The molecule has 0 radical (unpaired) electrons. The summed E-state index contributed by atoms with van der Waals surface area (Å²) >= 11 is 0. The second-order valence-electron chi connectivity index (χ2n) is 16.8. The second kappa shape index (κ2) is 10.0. The molecule has 0 amide bonds. The molecular formula is C47H43BN2. The smallest absolute Gasteiger partial charge is 0.333 e. The summed E-state index contributed by atoms with van der Waals surface area (Å²) in [5.74, 6) is 0. The SMILES string of the molecule is CC1(C)CCC(C)(C)c2cc3c(cc21)-c1cc(-c2ccccc2)cc2c1B(c1cccc4c1N2c1ccccc1C4(C)C)N3c1ccccc1. The topological polar surface area (TPSA) is 6.48 Å². The minimum absolute atomic E-state index is 0.0183. The third-order valence-electron chi connectivity index (χ3n) is 12.7. The van der Waals surface area contributed by atoms with Gasteiger partial charge in [0.2, 0.25) is 0 Å². The summed E-state index contributed by atoms with van der Waals surface area (Å²) in [7, 11) is 0. The van der Waals surface area contributed by atoms with Crippen LogP contribution in [0.15, 0.2) is 127 Å². The van der Waals surface area contributed by atoms with Gasteiger partial charge in [0, 0.05) is 33.7 Å². The molecule has 244 valence electrons. The van der Waals surface area contributed by atoms with Crippen molar-refractivity contribution in [3.05, 3.63) is 150 Å². The quantitative estimate of drug-likeness (QED) is 0.173. The first-order chi connectivity index (χ1) is 24.1. The molecule has 50 heavy (non-hydrogen) atoms. The Hall–Kier alpha value is -5.02. The van der Waals surface area contributed by atoms with Crippen LogP contribution in [0.2, 0.25) is 0 Å². The van der Waals surface area contributed by atoms with Crippen LogP contribution in [0.5, 0.6) is 0 Å². The summed E-state index contributed by atoms with van der Waals surface area (Å²) in [6, 6.07) is 48.5. The van der Waals surface area contributed by atoms with Crippen molar-refractivity contribution in [2.45, 2.75) is 70.6 Å². The molecular weight excluding hydrogens is 603 g/mol. The van der Waals surface area contributed by atoms with Crippen molar-refractivity contribution in [1.29, 1.82) is 0 Å². The molecule has 3 heteroatoms. The Bertz CT molecular complexity index is 2370. The molecule has 0 spiro atoms. The number of para-hydroxylation sites is 3. The minimum atomic E-state index is -0.144. The summed E-state index contributed by atoms with van der Waals surface area (Å²) in [4.78, 5) is 5.30. The van der Waals surface area contributed by atoms with Crippen molar-refractivity contribution in [2.24, 2.45) is 0 Å². The van der Waals surface area contributed by atoms with Gasteiger partial charge in [-0.25, -0.2) is 0 Å². The Balaban J connectivity index is 1.39. The van der Waals surface area contributed by atoms with Gasteiger partial charge in [0.15, 0.2) is 0 Å². The number of anilines is 5. The molecule has 0 saturated carbocycles. The highest BCUT2D eigenvalue weighted by Gasteiger charge is 2.50. The van der Waals surface area contributed by atoms with Gasteiger partial charge in [-0.15, -0.1) is 0 Å². The van der Waals surface area contributed by atoms with Crippen LogP contribution in [0, 0.1) is 0 Å². The van der Waals surface area contributed by atoms with Crippen LogP contribution in [0.1, 0.15) is 76.6 Å². The van der Waals surface area contributed by atoms with Gasteiger partial charge in [-0.3, -0.25) is 0 Å². The van der Waals surface area contributed by atoms with Crippen molar-refractivity contribution in [1.82, 2.24) is 0 Å². The van der Waals surface area contributed by atoms with Gasteiger partial charge in [0.1, 0.15) is 0 Å². The lowest BCUT2D eigenvalue weighted by molar-refractivity contribution is 0.332. The van der Waals surface area contributed by atoms with Crippen LogP contribution in [-0.4, -0.2) is 6.85 Å². The lowest BCUT2D eigenvalue weighted by atomic mass is 9.42. The summed E-state index contributed by atoms with van der Waals surface area (Å²) < 4.78 is 0. The van der Waals surface area contributed by atoms with Gasteiger partial charge in [-0.05, 0) is 116 Å². The monoisotopic (exact) mass is 646 g/mol. The fraction of sp³-hybridized carbons (Fsp3) is 0.234. The summed E-state index contributed by atoms with van der Waals surface area (Å²) in [6.07, 6.45) is 2.38. The van der Waals surface area contributed by atoms with Crippen LogP contribution < -0.4 is 20.6 Å². The van der Waals surface area contributed by atoms with Crippen LogP contribution in [0.25, 0.3) is 22.3 Å². The number of hydrogen-bond acceptors (Lipinski definition) is 2. The molecule has 6 aromatic carbocycles. The van der Waals surface area contributed by atoms with Gasteiger partial charge in [0.05, 0.1) is 5.69 Å². The first kappa shape index (κ1) is 29.9. The molecule has 0 saturated heterocycles. The molecule has 3 heterocycles. The molecule has 3 aliphatic heterocycles. The molecule has 1 aliphatic carbocycles. The van der Waals surface area contributed by atoms with Crippen molar-refractivity contribution < 1.29 is 0 Å². The maximum atomic E-state index is 2.68. The van der Waals surface area contributed by atoms with Crippen LogP contribution in [0.3, 0.4) is 0 Å². The molecule has 0 bridgehead atoms. The van der Waals surface area contributed by atoms with Crippen molar-refractivity contribution >= 4 is 46.2 Å². The highest BCUT2D eigenvalue weighted by molar-refractivity contribution is 6.93. The Kier molecular flexibility index (Phi) is 5.99. The van der Waals surface area contributed by atoms with E-state index in [2.05, 4.69) is 179 Å². The fourth-order valence-electron chi connectivity index (χ4n) is 9.84. The lowest BCUT2D eigenvalue weighted by Crippen LogP contribution is -2.62. The van der Waals surface area contributed by atoms with Crippen LogP contribution in [0.4, 0.5) is 28.4 Å². The Labute approximate surface area is 297 Å². The summed E-state index contributed by atoms with van der Waals surface area (Å²) in [6.45, 7) is 14.6. The lowest BCUT2D eigenvalue weighted by Gasteiger charge is -2.51. The average Bonchev–Trinajstić information content (AvgIpc) is 3.13. The predicted molar refractivity (Wildman–Crippen MR) is 213 cm³/mol. The minimum Gasteiger partial charge on any atom is -0.376 e. The van der Waals surface area contributed by atoms with E-state index in [0.717, 1.165) is 0 Å². The zero-order valence-corrected chi connectivity index (χ0v) is 30.0. The second-order valence-corrected chi connectivity index (χ2v) is 16.8. The molecule has 10 rings (SSSR count). The fourth-order valence-corrected chi connectivity index (χ4v) is 9.84. The number of fused-ring (bicyclic) bond motifs is 7. The van der Waals surface area contributed by atoms with Crippen molar-refractivity contribution in [3.63, 3.8) is 0 Å². The van der Waals surface area contributed by atoms with E-state index in [1.807, 2.05) is 0 Å². The Morgan fingerprint density at radius 3 is 1.88 bits per heavy atom. The highest BCUT2D eigenvalue weighted by atomic mass is 15.2. The Morgan fingerprint density at radius 2 is 1.14 bits per heavy atom. The largest absolute Gasteiger partial charge is 0.376 e. The van der Waals surface area contributed by atoms with E-state index in [9.17, 15) is 0 Å². The third kappa shape index (κ3) is 3.92. The van der Waals surface area contributed by atoms with Gasteiger partial charge >= 0.3 is 6.85 Å². The molecule has 0 N–H and O–H groups in total. The standard InChI is InChI=1S/C47H43BN2/c1-45(2)24-25-46(3,4)38-29-41-33(28-37(38)45)34-26-31(30-16-9-7-10-17-30)27-42-43(34)48(50(41)32-18-11-8-12-19-32)39-22-15-21-36-44(39)49(42)40-23-14-13-20-35(40)47(36,5)6/h7-23,26-29H,24-25H2,1-6H3.